The summed E-state index contributed by atoms with van der Waals surface area (Å²) < 4.78 is 13.5. The zero-order valence-corrected chi connectivity index (χ0v) is 11.4. The van der Waals surface area contributed by atoms with Crippen LogP contribution in [0.1, 0.15) is 28.9 Å². The van der Waals surface area contributed by atoms with Crippen molar-refractivity contribution in [2.24, 2.45) is 0 Å². The largest absolute Gasteiger partial charge is 0.506 e. The second-order valence-electron chi connectivity index (χ2n) is 4.56. The molecule has 0 fully saturated rings. The number of nitriles is 1. The number of aliphatic carboxylic acids is 1. The highest BCUT2D eigenvalue weighted by molar-refractivity contribution is 5.98. The van der Waals surface area contributed by atoms with Crippen LogP contribution in [-0.4, -0.2) is 28.4 Å². The predicted octanol–water partition coefficient (Wildman–Crippen LogP) is 2.37. The summed E-state index contributed by atoms with van der Waals surface area (Å²) in [5, 5.41) is 17.1. The van der Waals surface area contributed by atoms with Gasteiger partial charge in [-0.25, -0.2) is 4.98 Å². The number of ketones is 1. The summed E-state index contributed by atoms with van der Waals surface area (Å²) in [7, 11) is 0. The van der Waals surface area contributed by atoms with Crippen molar-refractivity contribution >= 4 is 11.8 Å². The lowest BCUT2D eigenvalue weighted by Crippen LogP contribution is -2.06. The van der Waals surface area contributed by atoms with E-state index in [1.807, 2.05) is 6.07 Å². The molecule has 2 N–H and O–H groups in total. The van der Waals surface area contributed by atoms with Gasteiger partial charge in [0.15, 0.2) is 5.78 Å². The van der Waals surface area contributed by atoms with E-state index in [-0.39, 0.29) is 24.3 Å². The first-order valence-electron chi connectivity index (χ1n) is 7.23. The zero-order valence-electron chi connectivity index (χ0n) is 13.4. The molecule has 22 heavy (non-hydrogen) atoms. The van der Waals surface area contributed by atoms with Crippen LogP contribution in [-0.2, 0) is 4.79 Å². The van der Waals surface area contributed by atoms with Gasteiger partial charge in [0.2, 0.25) is 0 Å². The van der Waals surface area contributed by atoms with Gasteiger partial charge in [0, 0.05) is 18.2 Å². The van der Waals surface area contributed by atoms with Crippen molar-refractivity contribution < 1.29 is 19.8 Å². The molecule has 2 aromatic rings. The fraction of sp³-hybridized carbons (Fsp3) is 0.125. The molecule has 0 spiro atoms. The van der Waals surface area contributed by atoms with Gasteiger partial charge in [-0.2, -0.15) is 5.26 Å². The normalized spacial score (nSPS) is 10.9. The van der Waals surface area contributed by atoms with Crippen molar-refractivity contribution in [2.45, 2.75) is 12.8 Å². The number of rotatable bonds is 6. The van der Waals surface area contributed by atoms with E-state index < -0.39 is 11.8 Å². The molecule has 0 amide bonds. The number of carboxylic acids is 1. The van der Waals surface area contributed by atoms with Gasteiger partial charge in [-0.05, 0) is 23.8 Å². The van der Waals surface area contributed by atoms with Gasteiger partial charge in [-0.15, -0.1) is 0 Å². The molecular formula is C16H12N2O4. The lowest BCUT2D eigenvalue weighted by Gasteiger charge is -2.06. The quantitative estimate of drug-likeness (QED) is 0.792. The summed E-state index contributed by atoms with van der Waals surface area (Å²) in [5.41, 5.74) is 1.66. The van der Waals surface area contributed by atoms with E-state index >= 15 is 0 Å². The van der Waals surface area contributed by atoms with Gasteiger partial charge in [0.25, 0.3) is 2.86 Å². The average molecular weight is 298 g/mol. The van der Waals surface area contributed by atoms with Crippen LogP contribution < -0.4 is 0 Å². The minimum absolute atomic E-state index is 0.0564. The van der Waals surface area contributed by atoms with Crippen LogP contribution >= 0.6 is 0 Å². The Morgan fingerprint density at radius 2 is 2.14 bits per heavy atom. The molecule has 0 atom stereocenters. The second kappa shape index (κ2) is 6.50. The molecule has 2 rings (SSSR count). The van der Waals surface area contributed by atoms with Gasteiger partial charge in [-0.3, -0.25) is 9.59 Å². The zero-order chi connectivity index (χ0) is 17.5. The highest BCUT2D eigenvalue weighted by Gasteiger charge is 2.15. The van der Waals surface area contributed by atoms with Crippen molar-refractivity contribution in [1.82, 2.24) is 4.98 Å². The van der Waals surface area contributed by atoms with Crippen molar-refractivity contribution in [3.8, 4) is 22.9 Å². The average Bonchev–Trinajstić information content (AvgIpc) is 2.65. The minimum atomic E-state index is -0.832. The van der Waals surface area contributed by atoms with Crippen LogP contribution in [0.5, 0.6) is 5.75 Å². The number of aromatic hydroxyl groups is 1. The smallest absolute Gasteiger partial charge is 0.303 e. The molecule has 0 bridgehead atoms. The van der Waals surface area contributed by atoms with Gasteiger partial charge < -0.3 is 10.2 Å². The topological polar surface area (TPSA) is 111 Å². The molecule has 0 aliphatic rings. The first kappa shape index (κ1) is 12.5. The molecule has 0 saturated heterocycles. The molecule has 6 nitrogen and oxygen atoms in total. The number of pyridine rings is 1. The first-order valence-corrected chi connectivity index (χ1v) is 6.42. The Morgan fingerprint density at radius 3 is 2.86 bits per heavy atom. The summed E-state index contributed by atoms with van der Waals surface area (Å²) in [4.78, 5) is 27.0. The van der Waals surface area contributed by atoms with E-state index in [1.54, 1.807) is 24.3 Å². The van der Waals surface area contributed by atoms with Crippen molar-refractivity contribution in [2.75, 3.05) is 0 Å². The van der Waals surface area contributed by atoms with Crippen molar-refractivity contribution in [3.05, 3.63) is 47.8 Å². The van der Waals surface area contributed by atoms with E-state index in [0.717, 1.165) is 0 Å². The monoisotopic (exact) mass is 298 g/mol. The number of hydrogen-bond donors (Lipinski definition) is 2. The van der Waals surface area contributed by atoms with Crippen molar-refractivity contribution in [1.29, 1.82) is 8.12 Å². The van der Waals surface area contributed by atoms with E-state index in [9.17, 15) is 9.59 Å². The van der Waals surface area contributed by atoms with Crippen molar-refractivity contribution in [3.63, 3.8) is 0 Å². The van der Waals surface area contributed by atoms with E-state index in [0.29, 0.717) is 16.7 Å². The molecule has 1 aromatic carbocycles. The van der Waals surface area contributed by atoms with E-state index in [1.165, 1.54) is 12.3 Å². The summed E-state index contributed by atoms with van der Waals surface area (Å²) in [6, 6.07) is 10.3. The van der Waals surface area contributed by atoms with Crippen LogP contribution in [0, 0.1) is 11.3 Å². The van der Waals surface area contributed by atoms with E-state index in [4.69, 9.17) is 8.12 Å². The Kier molecular flexibility index (Phi) is 3.70. The Bertz CT molecular complexity index is 818. The lowest BCUT2D eigenvalue weighted by molar-refractivity contribution is -0.136. The highest BCUT2D eigenvalue weighted by atomic mass is 16.4. The highest BCUT2D eigenvalue weighted by Crippen LogP contribution is 2.26. The number of benzene rings is 1. The number of aromatic nitrogens is 1. The van der Waals surface area contributed by atoms with Crippen LogP contribution in [0.2, 0.25) is 0 Å². The second-order valence-corrected chi connectivity index (χ2v) is 4.56. The number of carbonyl (C=O) groups excluding carboxylic acids is 1. The molecule has 0 aliphatic carbocycles. The van der Waals surface area contributed by atoms with Gasteiger partial charge in [0.05, 0.1) is 18.1 Å². The van der Waals surface area contributed by atoms with Gasteiger partial charge >= 0.3 is 5.97 Å². The molecular weight excluding hydrogens is 284 g/mol. The van der Waals surface area contributed by atoms with Gasteiger partial charge in [-0.1, -0.05) is 12.1 Å². The molecule has 6 heteroatoms. The third-order valence-corrected chi connectivity index (χ3v) is 3.00. The third-order valence-electron chi connectivity index (χ3n) is 3.00. The summed E-state index contributed by atoms with van der Waals surface area (Å²) in [5.74, 6) is -1.39. The van der Waals surface area contributed by atoms with Crippen LogP contribution in [0.4, 0.5) is 0 Å². The SMILES string of the molecule is [2H]OC(=O)CCC(=O)c1ncc(-c2cccc(C#N)c2)cc1O[2H]. The summed E-state index contributed by atoms with van der Waals surface area (Å²) in [6.07, 6.45) is 0.965. The maximum Gasteiger partial charge on any atom is 0.303 e. The van der Waals surface area contributed by atoms with E-state index in [2.05, 4.69) is 15.2 Å². The van der Waals surface area contributed by atoms with Crippen LogP contribution in [0.25, 0.3) is 12.6 Å². The Balaban J connectivity index is 2.28. The Labute approximate surface area is 129 Å². The van der Waals surface area contributed by atoms with Crippen LogP contribution in [0.3, 0.4) is 0 Å². The number of Topliss-reactive ketones (excluding diaryl/α,β-unsaturated/α-hetero) is 1. The molecule has 0 radical (unpaired) electrons. The fourth-order valence-electron chi connectivity index (χ4n) is 1.91. The number of carbonyl (C=O) groups is 2. The number of nitrogens with zero attached hydrogens (tertiary/aromatic N) is 2. The molecule has 1 aromatic heterocycles. The summed E-state index contributed by atoms with van der Waals surface area (Å²) >= 11 is 0. The van der Waals surface area contributed by atoms with Crippen LogP contribution in [0.15, 0.2) is 36.5 Å². The third kappa shape index (κ3) is 3.46. The molecule has 1 heterocycles. The number of hydrogen-bond acceptors (Lipinski definition) is 6. The predicted molar refractivity (Wildman–Crippen MR) is 77.3 cm³/mol. The maximum absolute atomic E-state index is 12.1. The molecule has 0 unspecified atom stereocenters. The molecule has 110 valence electrons. The molecule has 0 aliphatic heterocycles. The molecule has 0 saturated carbocycles. The standard InChI is InChI=1S/C16H12N2O4/c17-8-10-2-1-3-11(6-10)12-7-14(20)16(18-9-12)13(19)4-5-15(21)22/h1-3,6-7,9,20H,4-5H2,(H,21,22)/i/hD2. The number of carboxylic acid groups (broad SMARTS) is 1. The maximum atomic E-state index is 12.1. The lowest BCUT2D eigenvalue weighted by atomic mass is 10.0. The minimum Gasteiger partial charge on any atom is -0.506 e. The Morgan fingerprint density at radius 1 is 1.27 bits per heavy atom. The Hall–Kier alpha value is -3.20. The fourth-order valence-corrected chi connectivity index (χ4v) is 1.91. The summed E-state index contributed by atoms with van der Waals surface area (Å²) in [6.45, 7) is 0. The first-order chi connectivity index (χ1) is 11.6. The van der Waals surface area contributed by atoms with Gasteiger partial charge in [0.1, 0.15) is 11.4 Å².